The van der Waals surface area contributed by atoms with Crippen molar-refractivity contribution in [2.75, 3.05) is 5.32 Å². The predicted octanol–water partition coefficient (Wildman–Crippen LogP) is 5.21. The number of thiazole rings is 1. The van der Waals surface area contributed by atoms with Crippen LogP contribution in [0, 0.1) is 5.82 Å². The van der Waals surface area contributed by atoms with Gasteiger partial charge in [0.1, 0.15) is 5.82 Å². The third kappa shape index (κ3) is 3.86. The number of rotatable bonds is 4. The molecular weight excluding hydrogens is 323 g/mol. The summed E-state index contributed by atoms with van der Waals surface area (Å²) in [6.45, 7) is 4.28. The lowest BCUT2D eigenvalue weighted by molar-refractivity contribution is -0.111. The van der Waals surface area contributed by atoms with E-state index in [0.29, 0.717) is 21.3 Å². The second-order valence-corrected chi connectivity index (χ2v) is 6.81. The highest BCUT2D eigenvalue weighted by Gasteiger charge is 2.06. The summed E-state index contributed by atoms with van der Waals surface area (Å²) >= 11 is 1.25. The molecule has 0 spiro atoms. The van der Waals surface area contributed by atoms with E-state index < -0.39 is 0 Å². The number of aromatic nitrogens is 1. The van der Waals surface area contributed by atoms with Crippen molar-refractivity contribution < 1.29 is 9.18 Å². The van der Waals surface area contributed by atoms with Gasteiger partial charge in [-0.05, 0) is 41.3 Å². The SMILES string of the molecule is CC(C)c1ccc(C=CC(=O)Nc2nc3ccc(F)cc3s2)cc1. The average Bonchev–Trinajstić information content (AvgIpc) is 2.94. The maximum absolute atomic E-state index is 13.2. The number of benzene rings is 2. The molecule has 24 heavy (non-hydrogen) atoms. The number of halogens is 1. The Kier molecular flexibility index (Phi) is 4.71. The number of fused-ring (bicyclic) bond motifs is 1. The fourth-order valence-corrected chi connectivity index (χ4v) is 3.16. The predicted molar refractivity (Wildman–Crippen MR) is 97.8 cm³/mol. The molecule has 1 amide bonds. The monoisotopic (exact) mass is 340 g/mol. The highest BCUT2D eigenvalue weighted by molar-refractivity contribution is 7.22. The quantitative estimate of drug-likeness (QED) is 0.662. The van der Waals surface area contributed by atoms with Crippen LogP contribution in [0.3, 0.4) is 0 Å². The first kappa shape index (κ1) is 16.3. The van der Waals surface area contributed by atoms with Crippen molar-refractivity contribution in [2.45, 2.75) is 19.8 Å². The summed E-state index contributed by atoms with van der Waals surface area (Å²) in [5, 5.41) is 3.17. The van der Waals surface area contributed by atoms with Crippen molar-refractivity contribution in [3.63, 3.8) is 0 Å². The first-order valence-corrected chi connectivity index (χ1v) is 8.48. The van der Waals surface area contributed by atoms with E-state index in [1.54, 1.807) is 12.1 Å². The van der Waals surface area contributed by atoms with E-state index >= 15 is 0 Å². The van der Waals surface area contributed by atoms with Gasteiger partial charge in [0.2, 0.25) is 5.91 Å². The first-order valence-electron chi connectivity index (χ1n) is 7.66. The second-order valence-electron chi connectivity index (χ2n) is 5.78. The Bertz CT molecular complexity index is 897. The molecule has 0 bridgehead atoms. The van der Waals surface area contributed by atoms with Gasteiger partial charge in [0, 0.05) is 6.08 Å². The molecule has 0 aliphatic heterocycles. The van der Waals surface area contributed by atoms with Gasteiger partial charge in [-0.15, -0.1) is 0 Å². The number of hydrogen-bond donors (Lipinski definition) is 1. The number of carbonyl (C=O) groups is 1. The van der Waals surface area contributed by atoms with Gasteiger partial charge in [-0.25, -0.2) is 9.37 Å². The zero-order valence-corrected chi connectivity index (χ0v) is 14.2. The summed E-state index contributed by atoms with van der Waals surface area (Å²) in [6.07, 6.45) is 3.23. The molecule has 0 saturated carbocycles. The third-order valence-electron chi connectivity index (χ3n) is 3.61. The van der Waals surface area contributed by atoms with E-state index in [-0.39, 0.29) is 11.7 Å². The molecule has 0 fully saturated rings. The van der Waals surface area contributed by atoms with Crippen molar-refractivity contribution in [3.05, 3.63) is 65.5 Å². The van der Waals surface area contributed by atoms with Gasteiger partial charge in [0.15, 0.2) is 5.13 Å². The summed E-state index contributed by atoms with van der Waals surface area (Å²) in [5.41, 5.74) is 2.89. The molecule has 0 aliphatic rings. The topological polar surface area (TPSA) is 42.0 Å². The number of amides is 1. The van der Waals surface area contributed by atoms with Crippen LogP contribution in [0.15, 0.2) is 48.5 Å². The molecule has 5 heteroatoms. The maximum atomic E-state index is 13.2. The number of hydrogen-bond acceptors (Lipinski definition) is 3. The van der Waals surface area contributed by atoms with E-state index in [9.17, 15) is 9.18 Å². The smallest absolute Gasteiger partial charge is 0.250 e. The van der Waals surface area contributed by atoms with Gasteiger partial charge in [0.25, 0.3) is 0 Å². The molecule has 122 valence electrons. The van der Waals surface area contributed by atoms with Crippen molar-refractivity contribution in [1.82, 2.24) is 4.98 Å². The number of nitrogens with zero attached hydrogens (tertiary/aromatic N) is 1. The first-order chi connectivity index (χ1) is 11.5. The molecule has 0 radical (unpaired) electrons. The lowest BCUT2D eigenvalue weighted by Gasteiger charge is -2.04. The Morgan fingerprint density at radius 1 is 1.21 bits per heavy atom. The maximum Gasteiger partial charge on any atom is 0.250 e. The number of carbonyl (C=O) groups excluding carboxylic acids is 1. The Balaban J connectivity index is 1.67. The minimum absolute atomic E-state index is 0.262. The molecule has 3 rings (SSSR count). The number of nitrogens with one attached hydrogen (secondary N) is 1. The van der Waals surface area contributed by atoms with Crippen molar-refractivity contribution in [3.8, 4) is 0 Å². The minimum atomic E-state index is -0.311. The molecular formula is C19H17FN2OS. The van der Waals surface area contributed by atoms with Crippen molar-refractivity contribution in [2.24, 2.45) is 0 Å². The zero-order chi connectivity index (χ0) is 17.1. The second kappa shape index (κ2) is 6.93. The molecule has 1 N–H and O–H groups in total. The van der Waals surface area contributed by atoms with Gasteiger partial charge < -0.3 is 0 Å². The minimum Gasteiger partial charge on any atom is -0.298 e. The van der Waals surface area contributed by atoms with Crippen LogP contribution in [0.25, 0.3) is 16.3 Å². The van der Waals surface area contributed by atoms with E-state index in [4.69, 9.17) is 0 Å². The fourth-order valence-electron chi connectivity index (χ4n) is 2.26. The molecule has 0 atom stereocenters. The summed E-state index contributed by atoms with van der Waals surface area (Å²) in [5.74, 6) is -0.0913. The zero-order valence-electron chi connectivity index (χ0n) is 13.4. The summed E-state index contributed by atoms with van der Waals surface area (Å²) in [7, 11) is 0. The van der Waals surface area contributed by atoms with E-state index in [1.807, 2.05) is 12.1 Å². The fraction of sp³-hybridized carbons (Fsp3) is 0.158. The normalized spacial score (nSPS) is 11.5. The third-order valence-corrected chi connectivity index (χ3v) is 4.54. The molecule has 0 unspecified atom stereocenters. The van der Waals surface area contributed by atoms with Crippen LogP contribution in [-0.2, 0) is 4.79 Å². The van der Waals surface area contributed by atoms with Crippen LogP contribution >= 0.6 is 11.3 Å². The molecule has 0 aliphatic carbocycles. The van der Waals surface area contributed by atoms with Crippen LogP contribution < -0.4 is 5.32 Å². The van der Waals surface area contributed by atoms with E-state index in [2.05, 4.69) is 36.3 Å². The Labute approximate surface area is 143 Å². The highest BCUT2D eigenvalue weighted by atomic mass is 32.1. The van der Waals surface area contributed by atoms with Crippen LogP contribution in [0.5, 0.6) is 0 Å². The Morgan fingerprint density at radius 3 is 2.67 bits per heavy atom. The van der Waals surface area contributed by atoms with Crippen LogP contribution in [-0.4, -0.2) is 10.9 Å². The van der Waals surface area contributed by atoms with E-state index in [0.717, 1.165) is 5.56 Å². The van der Waals surface area contributed by atoms with Gasteiger partial charge in [-0.3, -0.25) is 10.1 Å². The van der Waals surface area contributed by atoms with Gasteiger partial charge in [-0.1, -0.05) is 49.4 Å². The van der Waals surface area contributed by atoms with Crippen LogP contribution in [0.4, 0.5) is 9.52 Å². The number of anilines is 1. The highest BCUT2D eigenvalue weighted by Crippen LogP contribution is 2.26. The largest absolute Gasteiger partial charge is 0.298 e. The van der Waals surface area contributed by atoms with Gasteiger partial charge >= 0.3 is 0 Å². The van der Waals surface area contributed by atoms with Crippen molar-refractivity contribution >= 4 is 38.7 Å². The molecule has 3 nitrogen and oxygen atoms in total. The average molecular weight is 340 g/mol. The van der Waals surface area contributed by atoms with Gasteiger partial charge in [0.05, 0.1) is 10.2 Å². The molecule has 3 aromatic rings. The summed E-state index contributed by atoms with van der Waals surface area (Å²) in [6, 6.07) is 12.5. The molecule has 1 heterocycles. The lowest BCUT2D eigenvalue weighted by atomic mass is 10.0. The molecule has 1 aromatic heterocycles. The Morgan fingerprint density at radius 2 is 1.96 bits per heavy atom. The summed E-state index contributed by atoms with van der Waals surface area (Å²) in [4.78, 5) is 16.3. The summed E-state index contributed by atoms with van der Waals surface area (Å²) < 4.78 is 13.9. The van der Waals surface area contributed by atoms with Gasteiger partial charge in [-0.2, -0.15) is 0 Å². The Hall–Kier alpha value is -2.53. The van der Waals surface area contributed by atoms with E-state index in [1.165, 1.54) is 35.1 Å². The van der Waals surface area contributed by atoms with Crippen LogP contribution in [0.2, 0.25) is 0 Å². The van der Waals surface area contributed by atoms with Crippen LogP contribution in [0.1, 0.15) is 30.9 Å². The lowest BCUT2D eigenvalue weighted by Crippen LogP contribution is -2.07. The van der Waals surface area contributed by atoms with Crippen molar-refractivity contribution in [1.29, 1.82) is 0 Å². The molecule has 0 saturated heterocycles. The molecule has 2 aromatic carbocycles. The standard InChI is InChI=1S/C19H17FN2OS/c1-12(2)14-6-3-13(4-7-14)5-10-18(23)22-19-21-16-9-8-15(20)11-17(16)24-19/h3-12H,1-2H3,(H,21,22,23).